The molecule has 1 aliphatic carbocycles. The van der Waals surface area contributed by atoms with Crippen molar-refractivity contribution in [1.82, 2.24) is 5.32 Å². The van der Waals surface area contributed by atoms with Gasteiger partial charge in [-0.1, -0.05) is 49.6 Å². The third-order valence-electron chi connectivity index (χ3n) is 4.82. The number of hydrogen-bond acceptors (Lipinski definition) is 2. The van der Waals surface area contributed by atoms with E-state index >= 15 is 0 Å². The Bertz CT molecular complexity index is 717. The van der Waals surface area contributed by atoms with Crippen molar-refractivity contribution in [2.24, 2.45) is 5.73 Å². The largest absolute Gasteiger partial charge is 0.366 e. The first-order valence-corrected chi connectivity index (χ1v) is 8.39. The number of amides is 2. The van der Waals surface area contributed by atoms with E-state index in [4.69, 9.17) is 5.73 Å². The number of carbonyl (C=O) groups excluding carboxylic acids is 2. The maximum Gasteiger partial charge on any atom is 0.251 e. The summed E-state index contributed by atoms with van der Waals surface area (Å²) in [5.74, 6) is -0.496. The first-order valence-electron chi connectivity index (χ1n) is 8.39. The molecule has 1 fully saturated rings. The van der Waals surface area contributed by atoms with Gasteiger partial charge in [0.1, 0.15) is 0 Å². The van der Waals surface area contributed by atoms with E-state index in [-0.39, 0.29) is 11.4 Å². The van der Waals surface area contributed by atoms with Crippen molar-refractivity contribution < 1.29 is 9.59 Å². The molecule has 24 heavy (non-hydrogen) atoms. The van der Waals surface area contributed by atoms with Crippen molar-refractivity contribution in [2.75, 3.05) is 0 Å². The minimum atomic E-state index is -0.437. The molecular formula is C20H22N2O2. The van der Waals surface area contributed by atoms with Crippen LogP contribution in [0.5, 0.6) is 0 Å². The summed E-state index contributed by atoms with van der Waals surface area (Å²) in [4.78, 5) is 24.0. The molecule has 0 radical (unpaired) electrons. The van der Waals surface area contributed by atoms with Crippen molar-refractivity contribution in [3.05, 3.63) is 71.3 Å². The number of nitrogens with two attached hydrogens (primary N) is 1. The van der Waals surface area contributed by atoms with Crippen molar-refractivity contribution >= 4 is 11.8 Å². The lowest BCUT2D eigenvalue weighted by Gasteiger charge is -2.39. The third kappa shape index (κ3) is 3.32. The van der Waals surface area contributed by atoms with Crippen LogP contribution in [0.2, 0.25) is 0 Å². The summed E-state index contributed by atoms with van der Waals surface area (Å²) in [5.41, 5.74) is 7.14. The number of benzene rings is 2. The van der Waals surface area contributed by atoms with Crippen molar-refractivity contribution in [1.29, 1.82) is 0 Å². The Kier molecular flexibility index (Phi) is 4.65. The number of hydrogen-bond donors (Lipinski definition) is 2. The quantitative estimate of drug-likeness (QED) is 0.906. The lowest BCUT2D eigenvalue weighted by atomic mass is 9.76. The molecule has 4 heteroatoms. The molecular weight excluding hydrogens is 300 g/mol. The highest BCUT2D eigenvalue weighted by Gasteiger charge is 2.35. The van der Waals surface area contributed by atoms with Gasteiger partial charge in [0.2, 0.25) is 5.91 Å². The van der Waals surface area contributed by atoms with Crippen LogP contribution in [0.15, 0.2) is 54.6 Å². The fourth-order valence-electron chi connectivity index (χ4n) is 3.47. The summed E-state index contributed by atoms with van der Waals surface area (Å²) in [6, 6.07) is 16.6. The monoisotopic (exact) mass is 322 g/mol. The average molecular weight is 322 g/mol. The molecule has 2 aromatic rings. The Balaban J connectivity index is 1.90. The second-order valence-electron chi connectivity index (χ2n) is 6.40. The van der Waals surface area contributed by atoms with Crippen molar-refractivity contribution in [2.45, 2.75) is 37.6 Å². The Morgan fingerprint density at radius 1 is 0.833 bits per heavy atom. The van der Waals surface area contributed by atoms with E-state index in [1.807, 2.05) is 42.5 Å². The van der Waals surface area contributed by atoms with Crippen LogP contribution in [0.3, 0.4) is 0 Å². The van der Waals surface area contributed by atoms with Gasteiger partial charge in [-0.15, -0.1) is 0 Å². The fraction of sp³-hybridized carbons (Fsp3) is 0.300. The van der Waals surface area contributed by atoms with Crippen LogP contribution in [-0.4, -0.2) is 11.8 Å². The van der Waals surface area contributed by atoms with Gasteiger partial charge in [-0.3, -0.25) is 9.59 Å². The Hall–Kier alpha value is -2.62. The number of carbonyl (C=O) groups is 2. The van der Waals surface area contributed by atoms with Gasteiger partial charge >= 0.3 is 0 Å². The number of rotatable bonds is 4. The molecule has 0 atom stereocenters. The highest BCUT2D eigenvalue weighted by atomic mass is 16.2. The zero-order valence-corrected chi connectivity index (χ0v) is 13.6. The smallest absolute Gasteiger partial charge is 0.251 e. The maximum absolute atomic E-state index is 12.7. The summed E-state index contributed by atoms with van der Waals surface area (Å²) in [6.45, 7) is 0. The highest BCUT2D eigenvalue weighted by Crippen LogP contribution is 2.37. The van der Waals surface area contributed by atoms with Crippen LogP contribution < -0.4 is 11.1 Å². The lowest BCUT2D eigenvalue weighted by molar-refractivity contribution is 0.0865. The third-order valence-corrected chi connectivity index (χ3v) is 4.82. The van der Waals surface area contributed by atoms with Gasteiger partial charge in [0.15, 0.2) is 0 Å². The second kappa shape index (κ2) is 6.87. The molecule has 0 saturated heterocycles. The van der Waals surface area contributed by atoms with Gasteiger partial charge in [-0.2, -0.15) is 0 Å². The lowest BCUT2D eigenvalue weighted by Crippen LogP contribution is -2.47. The van der Waals surface area contributed by atoms with E-state index in [0.29, 0.717) is 11.1 Å². The van der Waals surface area contributed by atoms with E-state index in [0.717, 1.165) is 31.2 Å². The molecule has 4 nitrogen and oxygen atoms in total. The normalized spacial score (nSPS) is 16.3. The molecule has 0 spiro atoms. The Morgan fingerprint density at radius 3 is 2.04 bits per heavy atom. The Morgan fingerprint density at radius 2 is 1.46 bits per heavy atom. The number of nitrogens with one attached hydrogen (secondary N) is 1. The van der Waals surface area contributed by atoms with Crippen LogP contribution in [0.1, 0.15) is 58.4 Å². The molecule has 0 unspecified atom stereocenters. The van der Waals surface area contributed by atoms with Gasteiger partial charge in [0.25, 0.3) is 5.91 Å². The minimum absolute atomic E-state index is 0.0588. The first-order chi connectivity index (χ1) is 11.6. The summed E-state index contributed by atoms with van der Waals surface area (Å²) >= 11 is 0. The standard InChI is InChI=1S/C20H22N2O2/c21-18(23)15-9-11-17(12-10-15)20(13-5-2-6-14-20)22-19(24)16-7-3-1-4-8-16/h1,3-4,7-12H,2,5-6,13-14H2,(H2,21,23)(H,22,24). The minimum Gasteiger partial charge on any atom is -0.366 e. The van der Waals surface area contributed by atoms with E-state index in [2.05, 4.69) is 5.32 Å². The van der Waals surface area contributed by atoms with Crippen molar-refractivity contribution in [3.63, 3.8) is 0 Å². The van der Waals surface area contributed by atoms with Gasteiger partial charge < -0.3 is 11.1 Å². The van der Waals surface area contributed by atoms with E-state index in [1.165, 1.54) is 6.42 Å². The molecule has 0 bridgehead atoms. The summed E-state index contributed by atoms with van der Waals surface area (Å²) < 4.78 is 0. The summed E-state index contributed by atoms with van der Waals surface area (Å²) in [5, 5.41) is 3.26. The van der Waals surface area contributed by atoms with Crippen LogP contribution in [0, 0.1) is 0 Å². The van der Waals surface area contributed by atoms with Gasteiger partial charge in [0.05, 0.1) is 5.54 Å². The van der Waals surface area contributed by atoms with Crippen molar-refractivity contribution in [3.8, 4) is 0 Å². The zero-order valence-electron chi connectivity index (χ0n) is 13.6. The van der Waals surface area contributed by atoms with E-state index < -0.39 is 5.91 Å². The van der Waals surface area contributed by atoms with E-state index in [1.54, 1.807) is 12.1 Å². The molecule has 3 N–H and O–H groups in total. The van der Waals surface area contributed by atoms with Gasteiger partial charge in [-0.25, -0.2) is 0 Å². The molecule has 124 valence electrons. The summed E-state index contributed by atoms with van der Waals surface area (Å²) in [7, 11) is 0. The highest BCUT2D eigenvalue weighted by molar-refractivity contribution is 5.95. The van der Waals surface area contributed by atoms with Gasteiger partial charge in [-0.05, 0) is 42.7 Å². The van der Waals surface area contributed by atoms with E-state index in [9.17, 15) is 9.59 Å². The first kappa shape index (κ1) is 16.2. The molecule has 2 aromatic carbocycles. The predicted octanol–water partition coefficient (Wildman–Crippen LogP) is 3.37. The summed E-state index contributed by atoms with van der Waals surface area (Å²) in [6.07, 6.45) is 5.14. The molecule has 3 rings (SSSR count). The fourth-order valence-corrected chi connectivity index (χ4v) is 3.47. The molecule has 0 aliphatic heterocycles. The molecule has 0 heterocycles. The SMILES string of the molecule is NC(=O)c1ccc(C2(NC(=O)c3ccccc3)CCCCC2)cc1. The molecule has 2 amide bonds. The molecule has 1 saturated carbocycles. The second-order valence-corrected chi connectivity index (χ2v) is 6.40. The van der Waals surface area contributed by atoms with Crippen LogP contribution in [0.25, 0.3) is 0 Å². The molecule has 1 aliphatic rings. The van der Waals surface area contributed by atoms with Crippen LogP contribution in [0.4, 0.5) is 0 Å². The number of primary amides is 1. The predicted molar refractivity (Wildman–Crippen MR) is 93.6 cm³/mol. The average Bonchev–Trinajstić information content (AvgIpc) is 2.63. The Labute approximate surface area is 142 Å². The topological polar surface area (TPSA) is 72.2 Å². The van der Waals surface area contributed by atoms with Gasteiger partial charge in [0, 0.05) is 11.1 Å². The van der Waals surface area contributed by atoms with Crippen LogP contribution in [-0.2, 0) is 5.54 Å². The maximum atomic E-state index is 12.7. The molecule has 0 aromatic heterocycles. The van der Waals surface area contributed by atoms with Crippen LogP contribution >= 0.6 is 0 Å². The zero-order chi connectivity index (χ0) is 17.0.